The summed E-state index contributed by atoms with van der Waals surface area (Å²) in [6, 6.07) is 5.88. The van der Waals surface area contributed by atoms with Crippen LogP contribution in [0.1, 0.15) is 5.69 Å². The number of nitrogens with two attached hydrogens (primary N) is 1. The summed E-state index contributed by atoms with van der Waals surface area (Å²) < 4.78 is 7.27. The molecule has 3 N–H and O–H groups in total. The van der Waals surface area contributed by atoms with E-state index in [2.05, 4.69) is 10.4 Å². The lowest BCUT2D eigenvalue weighted by atomic mass is 10.0. The monoisotopic (exact) mass is 244 g/mol. The summed E-state index contributed by atoms with van der Waals surface area (Å²) in [7, 11) is 3.59. The highest BCUT2D eigenvalue weighted by Crippen LogP contribution is 2.40. The topological polar surface area (TPSA) is 65.1 Å². The van der Waals surface area contributed by atoms with Crippen LogP contribution >= 0.6 is 0 Å². The third-order valence-corrected chi connectivity index (χ3v) is 3.32. The Morgan fingerprint density at radius 3 is 3.06 bits per heavy atom. The predicted octanol–water partition coefficient (Wildman–Crippen LogP) is 1.65. The zero-order valence-corrected chi connectivity index (χ0v) is 10.5. The Kier molecular flexibility index (Phi) is 2.40. The van der Waals surface area contributed by atoms with Crippen LogP contribution in [0.2, 0.25) is 0 Å². The lowest BCUT2D eigenvalue weighted by molar-refractivity contribution is 0.393. The number of nitrogens with zero attached hydrogens (tertiary/aromatic N) is 2. The molecular weight excluding hydrogens is 228 g/mol. The van der Waals surface area contributed by atoms with Crippen molar-refractivity contribution in [1.29, 1.82) is 0 Å². The van der Waals surface area contributed by atoms with Gasteiger partial charge in [-0.3, -0.25) is 4.68 Å². The zero-order chi connectivity index (χ0) is 12.7. The summed E-state index contributed by atoms with van der Waals surface area (Å²) in [5, 5.41) is 7.82. The fourth-order valence-electron chi connectivity index (χ4n) is 2.47. The second-order valence-corrected chi connectivity index (χ2v) is 4.44. The average molecular weight is 244 g/mol. The molecule has 3 rings (SSSR count). The standard InChI is InChI=1S/C13H16N4O/c1-17-11-5-6-15-10-4-3-8(14)7-9(10)12(11)13(16-17)18-2/h3-4,7,15H,5-6,14H2,1-2H3. The Bertz CT molecular complexity index is 603. The number of hydrogen-bond acceptors (Lipinski definition) is 4. The van der Waals surface area contributed by atoms with E-state index in [-0.39, 0.29) is 0 Å². The summed E-state index contributed by atoms with van der Waals surface area (Å²) in [6.07, 6.45) is 0.913. The molecule has 0 saturated heterocycles. The molecule has 1 aromatic heterocycles. The minimum atomic E-state index is 0.656. The van der Waals surface area contributed by atoms with Crippen molar-refractivity contribution < 1.29 is 4.74 Å². The Morgan fingerprint density at radius 2 is 2.28 bits per heavy atom. The lowest BCUT2D eigenvalue weighted by Crippen LogP contribution is -2.06. The minimum Gasteiger partial charge on any atom is -0.479 e. The quantitative estimate of drug-likeness (QED) is 0.749. The van der Waals surface area contributed by atoms with Gasteiger partial charge in [-0.1, -0.05) is 0 Å². The van der Waals surface area contributed by atoms with Gasteiger partial charge in [-0.15, -0.1) is 5.10 Å². The van der Waals surface area contributed by atoms with E-state index in [0.717, 1.165) is 35.5 Å². The Morgan fingerprint density at radius 1 is 1.44 bits per heavy atom. The van der Waals surface area contributed by atoms with Crippen LogP contribution < -0.4 is 15.8 Å². The molecule has 0 amide bonds. The third kappa shape index (κ3) is 1.51. The first-order valence-corrected chi connectivity index (χ1v) is 5.94. The number of nitrogens with one attached hydrogen (secondary N) is 1. The largest absolute Gasteiger partial charge is 0.479 e. The molecule has 2 heterocycles. The van der Waals surface area contributed by atoms with E-state index in [0.29, 0.717) is 5.88 Å². The van der Waals surface area contributed by atoms with Crippen molar-refractivity contribution in [3.05, 3.63) is 23.9 Å². The summed E-state index contributed by atoms with van der Waals surface area (Å²) in [4.78, 5) is 0. The molecular formula is C13H16N4O. The van der Waals surface area contributed by atoms with Gasteiger partial charge in [-0.2, -0.15) is 0 Å². The van der Waals surface area contributed by atoms with Crippen LogP contribution in [-0.4, -0.2) is 23.4 Å². The summed E-state index contributed by atoms with van der Waals surface area (Å²) in [5.41, 5.74) is 11.0. The highest BCUT2D eigenvalue weighted by molar-refractivity contribution is 5.85. The number of benzene rings is 1. The number of fused-ring (bicyclic) bond motifs is 3. The molecule has 0 unspecified atom stereocenters. The second-order valence-electron chi connectivity index (χ2n) is 4.44. The number of aromatic nitrogens is 2. The van der Waals surface area contributed by atoms with Crippen molar-refractivity contribution in [2.24, 2.45) is 7.05 Å². The van der Waals surface area contributed by atoms with Crippen LogP contribution in [0.25, 0.3) is 11.1 Å². The summed E-state index contributed by atoms with van der Waals surface area (Å²) >= 11 is 0. The maximum Gasteiger partial charge on any atom is 0.240 e. The molecule has 5 heteroatoms. The molecule has 0 aliphatic carbocycles. The summed E-state index contributed by atoms with van der Waals surface area (Å²) in [6.45, 7) is 0.882. The Balaban J connectivity index is 2.31. The van der Waals surface area contributed by atoms with Crippen LogP contribution in [0.4, 0.5) is 11.4 Å². The SMILES string of the molecule is COc1nn(C)c2c1-c1cc(N)ccc1NCC2. The van der Waals surface area contributed by atoms with Gasteiger partial charge in [-0.05, 0) is 18.2 Å². The smallest absolute Gasteiger partial charge is 0.240 e. The van der Waals surface area contributed by atoms with Crippen molar-refractivity contribution in [2.45, 2.75) is 6.42 Å². The molecule has 94 valence electrons. The molecule has 0 spiro atoms. The number of methoxy groups -OCH3 is 1. The van der Waals surface area contributed by atoms with E-state index in [1.165, 1.54) is 5.69 Å². The molecule has 0 bridgehead atoms. The molecule has 0 fully saturated rings. The van der Waals surface area contributed by atoms with Gasteiger partial charge in [0.25, 0.3) is 0 Å². The predicted molar refractivity (Wildman–Crippen MR) is 71.8 cm³/mol. The number of aryl methyl sites for hydroxylation is 1. The van der Waals surface area contributed by atoms with Gasteiger partial charge in [0.15, 0.2) is 0 Å². The van der Waals surface area contributed by atoms with Crippen molar-refractivity contribution in [2.75, 3.05) is 24.7 Å². The van der Waals surface area contributed by atoms with E-state index < -0.39 is 0 Å². The van der Waals surface area contributed by atoms with Gasteiger partial charge in [0.1, 0.15) is 0 Å². The van der Waals surface area contributed by atoms with Crippen molar-refractivity contribution in [1.82, 2.24) is 9.78 Å². The van der Waals surface area contributed by atoms with E-state index in [1.807, 2.05) is 29.9 Å². The zero-order valence-electron chi connectivity index (χ0n) is 10.5. The van der Waals surface area contributed by atoms with Crippen LogP contribution in [0.5, 0.6) is 5.88 Å². The Hall–Kier alpha value is -2.17. The molecule has 1 aliphatic rings. The van der Waals surface area contributed by atoms with Crippen LogP contribution in [0.15, 0.2) is 18.2 Å². The maximum absolute atomic E-state index is 5.89. The van der Waals surface area contributed by atoms with Gasteiger partial charge in [0, 0.05) is 37.0 Å². The molecule has 18 heavy (non-hydrogen) atoms. The first kappa shape index (κ1) is 11.0. The summed E-state index contributed by atoms with van der Waals surface area (Å²) in [5.74, 6) is 0.656. The fraction of sp³-hybridized carbons (Fsp3) is 0.308. The van der Waals surface area contributed by atoms with Crippen LogP contribution in [-0.2, 0) is 13.5 Å². The molecule has 1 aromatic carbocycles. The molecule has 0 atom stereocenters. The molecule has 5 nitrogen and oxygen atoms in total. The minimum absolute atomic E-state index is 0.656. The van der Waals surface area contributed by atoms with E-state index in [9.17, 15) is 0 Å². The van der Waals surface area contributed by atoms with Gasteiger partial charge in [-0.25, -0.2) is 0 Å². The first-order chi connectivity index (χ1) is 8.70. The van der Waals surface area contributed by atoms with E-state index in [4.69, 9.17) is 10.5 Å². The van der Waals surface area contributed by atoms with Crippen molar-refractivity contribution >= 4 is 11.4 Å². The second kappa shape index (κ2) is 3.94. The van der Waals surface area contributed by atoms with Crippen molar-refractivity contribution in [3.63, 3.8) is 0 Å². The maximum atomic E-state index is 5.89. The van der Waals surface area contributed by atoms with E-state index in [1.54, 1.807) is 7.11 Å². The normalized spacial score (nSPS) is 13.2. The van der Waals surface area contributed by atoms with Gasteiger partial charge in [0.2, 0.25) is 5.88 Å². The molecule has 0 saturated carbocycles. The fourth-order valence-corrected chi connectivity index (χ4v) is 2.47. The molecule has 2 aromatic rings. The average Bonchev–Trinajstić information content (AvgIpc) is 2.56. The van der Waals surface area contributed by atoms with Crippen LogP contribution in [0, 0.1) is 0 Å². The van der Waals surface area contributed by atoms with Crippen LogP contribution in [0.3, 0.4) is 0 Å². The molecule has 1 aliphatic heterocycles. The lowest BCUT2D eigenvalue weighted by Gasteiger charge is -2.09. The van der Waals surface area contributed by atoms with Gasteiger partial charge in [0.05, 0.1) is 18.4 Å². The third-order valence-electron chi connectivity index (χ3n) is 3.32. The number of ether oxygens (including phenoxy) is 1. The number of anilines is 2. The highest BCUT2D eigenvalue weighted by Gasteiger charge is 2.23. The Labute approximate surface area is 106 Å². The highest BCUT2D eigenvalue weighted by atomic mass is 16.5. The first-order valence-electron chi connectivity index (χ1n) is 5.94. The number of rotatable bonds is 1. The number of nitrogen functional groups attached to an aromatic ring is 1. The van der Waals surface area contributed by atoms with Gasteiger partial charge < -0.3 is 15.8 Å². The number of hydrogen-bond donors (Lipinski definition) is 2. The molecule has 0 radical (unpaired) electrons. The van der Waals surface area contributed by atoms with Crippen molar-refractivity contribution in [3.8, 4) is 17.0 Å². The van der Waals surface area contributed by atoms with Gasteiger partial charge >= 0.3 is 0 Å². The van der Waals surface area contributed by atoms with E-state index >= 15 is 0 Å².